The quantitative estimate of drug-likeness (QED) is 0.465. The fourth-order valence-electron chi connectivity index (χ4n) is 3.16. The summed E-state index contributed by atoms with van der Waals surface area (Å²) in [6.07, 6.45) is 0.494. The smallest absolute Gasteiger partial charge is 0.339 e. The predicted molar refractivity (Wildman–Crippen MR) is 118 cm³/mol. The molecule has 0 unspecified atom stereocenters. The molecule has 2 heterocycles. The lowest BCUT2D eigenvalue weighted by Gasteiger charge is -2.12. The molecule has 0 aliphatic rings. The number of hydrogen-bond acceptors (Lipinski definition) is 5. The van der Waals surface area contributed by atoms with Gasteiger partial charge in [-0.25, -0.2) is 14.5 Å². The summed E-state index contributed by atoms with van der Waals surface area (Å²) in [6.45, 7) is 1.80. The van der Waals surface area contributed by atoms with Crippen LogP contribution in [-0.2, 0) is 16.1 Å². The normalized spacial score (nSPS) is 11.9. The first-order valence-corrected chi connectivity index (χ1v) is 9.97. The Morgan fingerprint density at radius 3 is 2.55 bits per heavy atom. The minimum Gasteiger partial charge on any atom is -0.449 e. The van der Waals surface area contributed by atoms with Gasteiger partial charge in [0.25, 0.3) is 5.91 Å². The number of fused-ring (bicyclic) bond motifs is 1. The molecule has 31 heavy (non-hydrogen) atoms. The Morgan fingerprint density at radius 1 is 1.13 bits per heavy atom. The maximum Gasteiger partial charge on any atom is 0.339 e. The van der Waals surface area contributed by atoms with Crippen LogP contribution in [0.2, 0.25) is 5.02 Å². The summed E-state index contributed by atoms with van der Waals surface area (Å²) >= 11 is 6.31. The SMILES string of the molecule is C[C@@H](OC(=O)c1cc(-c2ccccc2)nc2c1cnn2Cc1ccccc1Cl)C(N)=O. The number of carbonyl (C=O) groups is 2. The molecule has 2 aromatic heterocycles. The number of rotatable bonds is 6. The Kier molecular flexibility index (Phi) is 5.68. The first kappa shape index (κ1) is 20.6. The molecule has 4 aromatic rings. The summed E-state index contributed by atoms with van der Waals surface area (Å²) in [5.74, 6) is -1.40. The van der Waals surface area contributed by atoms with Crippen LogP contribution in [-0.4, -0.2) is 32.7 Å². The van der Waals surface area contributed by atoms with Crippen LogP contribution >= 0.6 is 11.6 Å². The lowest BCUT2D eigenvalue weighted by molar-refractivity contribution is -0.125. The van der Waals surface area contributed by atoms with Gasteiger partial charge in [0.1, 0.15) is 0 Å². The van der Waals surface area contributed by atoms with Gasteiger partial charge in [0.2, 0.25) is 0 Å². The highest BCUT2D eigenvalue weighted by Gasteiger charge is 2.22. The van der Waals surface area contributed by atoms with Gasteiger partial charge < -0.3 is 10.5 Å². The van der Waals surface area contributed by atoms with Crippen molar-refractivity contribution < 1.29 is 14.3 Å². The molecule has 0 aliphatic carbocycles. The maximum atomic E-state index is 12.9. The number of halogens is 1. The zero-order chi connectivity index (χ0) is 22.0. The fourth-order valence-corrected chi connectivity index (χ4v) is 3.35. The number of aromatic nitrogens is 3. The van der Waals surface area contributed by atoms with E-state index in [9.17, 15) is 9.59 Å². The van der Waals surface area contributed by atoms with E-state index in [4.69, 9.17) is 27.1 Å². The van der Waals surface area contributed by atoms with E-state index in [1.54, 1.807) is 23.0 Å². The van der Waals surface area contributed by atoms with Gasteiger partial charge in [-0.1, -0.05) is 60.1 Å². The second kappa shape index (κ2) is 8.57. The van der Waals surface area contributed by atoms with Crippen LogP contribution in [0.15, 0.2) is 66.9 Å². The molecule has 0 aliphatic heterocycles. The second-order valence-electron chi connectivity index (χ2n) is 7.00. The minimum atomic E-state index is -1.06. The van der Waals surface area contributed by atoms with Crippen LogP contribution in [0.25, 0.3) is 22.3 Å². The van der Waals surface area contributed by atoms with Crippen LogP contribution in [0.1, 0.15) is 22.8 Å². The molecule has 7 nitrogen and oxygen atoms in total. The number of hydrogen-bond donors (Lipinski definition) is 1. The Bertz CT molecular complexity index is 1270. The molecule has 0 radical (unpaired) electrons. The zero-order valence-electron chi connectivity index (χ0n) is 16.7. The van der Waals surface area contributed by atoms with Crippen molar-refractivity contribution in [1.82, 2.24) is 14.8 Å². The molecule has 0 saturated carbocycles. The number of esters is 1. The summed E-state index contributed by atoms with van der Waals surface area (Å²) in [5, 5.41) is 5.54. The summed E-state index contributed by atoms with van der Waals surface area (Å²) < 4.78 is 6.92. The Morgan fingerprint density at radius 2 is 1.84 bits per heavy atom. The van der Waals surface area contributed by atoms with Crippen molar-refractivity contribution in [2.24, 2.45) is 5.73 Å². The molecule has 0 spiro atoms. The number of pyridine rings is 1. The summed E-state index contributed by atoms with van der Waals surface area (Å²) in [7, 11) is 0. The van der Waals surface area contributed by atoms with Crippen LogP contribution in [0.4, 0.5) is 0 Å². The van der Waals surface area contributed by atoms with E-state index in [1.807, 2.05) is 48.5 Å². The van der Waals surface area contributed by atoms with E-state index >= 15 is 0 Å². The Hall–Kier alpha value is -3.71. The molecule has 8 heteroatoms. The van der Waals surface area contributed by atoms with Crippen LogP contribution in [0, 0.1) is 0 Å². The third-order valence-electron chi connectivity index (χ3n) is 4.86. The molecular formula is C23H19ClN4O3. The van der Waals surface area contributed by atoms with Gasteiger partial charge in [-0.3, -0.25) is 4.79 Å². The molecule has 2 aromatic carbocycles. The third kappa shape index (κ3) is 4.27. The lowest BCUT2D eigenvalue weighted by Crippen LogP contribution is -2.30. The maximum absolute atomic E-state index is 12.9. The van der Waals surface area contributed by atoms with E-state index in [2.05, 4.69) is 5.10 Å². The molecule has 2 N–H and O–H groups in total. The van der Waals surface area contributed by atoms with Gasteiger partial charge in [-0.05, 0) is 24.6 Å². The average Bonchev–Trinajstić information content (AvgIpc) is 3.17. The zero-order valence-corrected chi connectivity index (χ0v) is 17.4. The fraction of sp³-hybridized carbons (Fsp3) is 0.130. The highest BCUT2D eigenvalue weighted by molar-refractivity contribution is 6.31. The van der Waals surface area contributed by atoms with Crippen molar-refractivity contribution in [1.29, 1.82) is 0 Å². The molecule has 0 saturated heterocycles. The number of primary amides is 1. The Balaban J connectivity index is 1.84. The third-order valence-corrected chi connectivity index (χ3v) is 5.23. The molecule has 0 bridgehead atoms. The van der Waals surface area contributed by atoms with Crippen molar-refractivity contribution in [3.8, 4) is 11.3 Å². The number of nitrogens with two attached hydrogens (primary N) is 1. The largest absolute Gasteiger partial charge is 0.449 e. The van der Waals surface area contributed by atoms with Crippen molar-refractivity contribution in [2.75, 3.05) is 0 Å². The number of nitrogens with zero attached hydrogens (tertiary/aromatic N) is 3. The van der Waals surface area contributed by atoms with E-state index in [0.29, 0.717) is 28.3 Å². The number of benzene rings is 2. The van der Waals surface area contributed by atoms with E-state index in [1.165, 1.54) is 6.92 Å². The number of ether oxygens (including phenoxy) is 1. The van der Waals surface area contributed by atoms with E-state index in [0.717, 1.165) is 11.1 Å². The summed E-state index contributed by atoms with van der Waals surface area (Å²) in [5.41, 5.74) is 8.27. The van der Waals surface area contributed by atoms with Gasteiger partial charge in [-0.15, -0.1) is 0 Å². The van der Waals surface area contributed by atoms with Crippen LogP contribution in [0.3, 0.4) is 0 Å². The van der Waals surface area contributed by atoms with Gasteiger partial charge in [-0.2, -0.15) is 5.10 Å². The van der Waals surface area contributed by atoms with E-state index < -0.39 is 18.0 Å². The van der Waals surface area contributed by atoms with E-state index in [-0.39, 0.29) is 5.56 Å². The van der Waals surface area contributed by atoms with Crippen molar-refractivity contribution in [2.45, 2.75) is 19.6 Å². The number of amides is 1. The van der Waals surface area contributed by atoms with Gasteiger partial charge in [0.15, 0.2) is 11.8 Å². The average molecular weight is 435 g/mol. The summed E-state index contributed by atoms with van der Waals surface area (Å²) in [6, 6.07) is 18.5. The van der Waals surface area contributed by atoms with Crippen molar-refractivity contribution in [3.63, 3.8) is 0 Å². The monoisotopic (exact) mass is 434 g/mol. The molecular weight excluding hydrogens is 416 g/mol. The first-order valence-electron chi connectivity index (χ1n) is 9.59. The second-order valence-corrected chi connectivity index (χ2v) is 7.41. The molecule has 1 amide bonds. The highest BCUT2D eigenvalue weighted by Crippen LogP contribution is 2.27. The number of carbonyl (C=O) groups excluding carboxylic acids is 2. The van der Waals surface area contributed by atoms with Crippen LogP contribution in [0.5, 0.6) is 0 Å². The van der Waals surface area contributed by atoms with Crippen LogP contribution < -0.4 is 5.73 Å². The standard InChI is InChI=1S/C23H19ClN4O3/c1-14(21(25)29)31-23(30)17-11-20(15-7-3-2-4-8-15)27-22-18(17)12-26-28(22)13-16-9-5-6-10-19(16)24/h2-12,14H,13H2,1H3,(H2,25,29)/t14-/m1/s1. The lowest BCUT2D eigenvalue weighted by atomic mass is 10.1. The molecule has 4 rings (SSSR count). The highest BCUT2D eigenvalue weighted by atomic mass is 35.5. The Labute approximate surface area is 183 Å². The first-order chi connectivity index (χ1) is 14.9. The van der Waals surface area contributed by atoms with Gasteiger partial charge in [0.05, 0.1) is 29.4 Å². The predicted octanol–water partition coefficient (Wildman–Crippen LogP) is 3.83. The minimum absolute atomic E-state index is 0.252. The van der Waals surface area contributed by atoms with Crippen molar-refractivity contribution >= 4 is 34.5 Å². The van der Waals surface area contributed by atoms with Gasteiger partial charge in [0, 0.05) is 10.6 Å². The van der Waals surface area contributed by atoms with Crippen molar-refractivity contribution in [3.05, 3.63) is 83.0 Å². The van der Waals surface area contributed by atoms with Gasteiger partial charge >= 0.3 is 5.97 Å². The summed E-state index contributed by atoms with van der Waals surface area (Å²) in [4.78, 5) is 29.0. The topological polar surface area (TPSA) is 100 Å². The molecule has 156 valence electrons. The molecule has 1 atom stereocenters. The molecule has 0 fully saturated rings.